The lowest BCUT2D eigenvalue weighted by Crippen LogP contribution is -2.45. The Hall–Kier alpha value is -5.63. The van der Waals surface area contributed by atoms with E-state index in [-0.39, 0.29) is 31.8 Å². The fraction of sp³-hybridized carbons (Fsp3) is 0.368. The van der Waals surface area contributed by atoms with Gasteiger partial charge in [-0.3, -0.25) is 15.2 Å². The summed E-state index contributed by atoms with van der Waals surface area (Å²) in [6, 6.07) is 20.8. The van der Waals surface area contributed by atoms with Gasteiger partial charge >= 0.3 is 18.1 Å². The van der Waals surface area contributed by atoms with Crippen molar-refractivity contribution in [3.05, 3.63) is 107 Å². The first-order chi connectivity index (χ1) is 27.2. The molecule has 19 heteroatoms. The van der Waals surface area contributed by atoms with Gasteiger partial charge in [0, 0.05) is 24.9 Å². The number of benzene rings is 3. The summed E-state index contributed by atoms with van der Waals surface area (Å²) < 4.78 is 79.1. The van der Waals surface area contributed by atoms with Crippen molar-refractivity contribution in [1.29, 1.82) is 0 Å². The van der Waals surface area contributed by atoms with Crippen LogP contribution >= 0.6 is 0 Å². The molecule has 0 aliphatic rings. The maximum Gasteiger partial charge on any atom is 0.459 e. The number of esters is 1. The van der Waals surface area contributed by atoms with Crippen LogP contribution in [0, 0.1) is 0 Å². The van der Waals surface area contributed by atoms with Crippen molar-refractivity contribution in [2.45, 2.75) is 83.2 Å². The van der Waals surface area contributed by atoms with Crippen LogP contribution in [0.4, 0.5) is 22.0 Å². The molecule has 0 aliphatic heterocycles. The molecule has 2 heterocycles. The van der Waals surface area contributed by atoms with Crippen LogP contribution in [-0.4, -0.2) is 82.8 Å². The Kier molecular flexibility index (Phi) is 14.2. The lowest BCUT2D eigenvalue weighted by Gasteiger charge is -2.22. The zero-order valence-corrected chi connectivity index (χ0v) is 30.9. The molecule has 0 bridgehead atoms. The number of aromatic nitrogens is 6. The number of rotatable bonds is 19. The minimum atomic E-state index is -6.10. The van der Waals surface area contributed by atoms with Crippen molar-refractivity contribution < 1.29 is 51.5 Å². The molecule has 4 N–H and O–H groups in total. The number of carbonyl (C=O) groups excluding carboxylic acids is 2. The van der Waals surface area contributed by atoms with E-state index in [9.17, 15) is 22.8 Å². The summed E-state index contributed by atoms with van der Waals surface area (Å²) in [6.07, 6.45) is -5.51. The average Bonchev–Trinajstić information content (AvgIpc) is 3.84. The summed E-state index contributed by atoms with van der Waals surface area (Å²) >= 11 is 0. The van der Waals surface area contributed by atoms with Crippen molar-refractivity contribution in [2.75, 3.05) is 6.61 Å². The summed E-state index contributed by atoms with van der Waals surface area (Å²) in [6.45, 7) is 2.81. The highest BCUT2D eigenvalue weighted by atomic mass is 19.4. The Morgan fingerprint density at radius 1 is 0.930 bits per heavy atom. The van der Waals surface area contributed by atoms with Gasteiger partial charge in [-0.2, -0.15) is 27.2 Å². The van der Waals surface area contributed by atoms with Crippen molar-refractivity contribution in [2.24, 2.45) is 0 Å². The molecule has 0 spiro atoms. The fourth-order valence-corrected chi connectivity index (χ4v) is 6.14. The van der Waals surface area contributed by atoms with E-state index in [0.717, 1.165) is 10.1 Å². The van der Waals surface area contributed by atoms with Crippen molar-refractivity contribution in [3.63, 3.8) is 0 Å². The Labute approximate surface area is 323 Å². The van der Waals surface area contributed by atoms with E-state index >= 15 is 8.78 Å². The van der Waals surface area contributed by atoms with Gasteiger partial charge < -0.3 is 14.6 Å². The number of carbonyl (C=O) groups is 2. The summed E-state index contributed by atoms with van der Waals surface area (Å²) in [5.74, 6) is -7.70. The Morgan fingerprint density at radius 3 is 2.25 bits per heavy atom. The van der Waals surface area contributed by atoms with E-state index in [1.165, 1.54) is 0 Å². The molecule has 2 atom stereocenters. The van der Waals surface area contributed by atoms with Crippen LogP contribution in [0.1, 0.15) is 72.7 Å². The number of H-pyrrole nitrogens is 1. The molecule has 2 unspecified atom stereocenters. The van der Waals surface area contributed by atoms with Crippen molar-refractivity contribution in [3.8, 4) is 22.5 Å². The van der Waals surface area contributed by atoms with Crippen LogP contribution in [0.25, 0.3) is 22.5 Å². The molecule has 57 heavy (non-hydrogen) atoms. The predicted octanol–water partition coefficient (Wildman–Crippen LogP) is 6.84. The second-order valence-corrected chi connectivity index (χ2v) is 13.2. The molecule has 2 aromatic heterocycles. The van der Waals surface area contributed by atoms with Crippen molar-refractivity contribution >= 4 is 11.9 Å². The minimum absolute atomic E-state index is 0.0435. The lowest BCUT2D eigenvalue weighted by molar-refractivity contribution is -0.503. The first-order valence-electron chi connectivity index (χ1n) is 18.0. The van der Waals surface area contributed by atoms with Gasteiger partial charge in [0.2, 0.25) is 5.82 Å². The molecule has 0 aliphatic carbocycles. The van der Waals surface area contributed by atoms with Gasteiger partial charge in [0.05, 0.1) is 18.1 Å². The number of tetrazole rings is 1. The maximum atomic E-state index is 15.3. The number of aryl methyl sites for hydroxylation is 1. The van der Waals surface area contributed by atoms with Gasteiger partial charge in [-0.1, -0.05) is 85.8 Å². The van der Waals surface area contributed by atoms with Crippen molar-refractivity contribution in [1.82, 2.24) is 40.9 Å². The summed E-state index contributed by atoms with van der Waals surface area (Å²) in [5.41, 5.74) is 0.293. The monoisotopic (exact) mass is 800 g/mol. The number of imidazole rings is 1. The van der Waals surface area contributed by atoms with Crippen LogP contribution in [-0.2, 0) is 39.7 Å². The number of hydrogen-bond donors (Lipinski definition) is 4. The Morgan fingerprint density at radius 2 is 1.61 bits per heavy atom. The van der Waals surface area contributed by atoms with E-state index in [4.69, 9.17) is 15.2 Å². The second-order valence-electron chi connectivity index (χ2n) is 13.2. The summed E-state index contributed by atoms with van der Waals surface area (Å²) in [4.78, 5) is 36.0. The van der Waals surface area contributed by atoms with Gasteiger partial charge in [-0.15, -0.1) is 10.2 Å². The second kappa shape index (κ2) is 19.0. The van der Waals surface area contributed by atoms with Crippen LogP contribution in [0.2, 0.25) is 0 Å². The molecule has 0 saturated heterocycles. The molecule has 5 aromatic rings. The predicted molar refractivity (Wildman–Crippen MR) is 192 cm³/mol. The van der Waals surface area contributed by atoms with E-state index in [1.54, 1.807) is 80.6 Å². The highest BCUT2D eigenvalue weighted by Gasteiger charge is 2.62. The van der Waals surface area contributed by atoms with Gasteiger partial charge in [-0.25, -0.2) is 14.6 Å². The molecule has 0 fully saturated rings. The van der Waals surface area contributed by atoms with Crippen LogP contribution in [0.5, 0.6) is 0 Å². The molecule has 304 valence electrons. The average molecular weight is 801 g/mol. The van der Waals surface area contributed by atoms with Gasteiger partial charge in [0.15, 0.2) is 5.69 Å². The van der Waals surface area contributed by atoms with Crippen LogP contribution < -0.4 is 5.32 Å². The molecule has 14 nitrogen and oxygen atoms in total. The molecule has 3 aromatic carbocycles. The highest BCUT2D eigenvalue weighted by Crippen LogP contribution is 2.45. The zero-order chi connectivity index (χ0) is 41.2. The van der Waals surface area contributed by atoms with E-state index in [2.05, 4.69) is 35.8 Å². The maximum absolute atomic E-state index is 15.3. The smallest absolute Gasteiger partial charge is 0.459 e. The number of nitrogens with zero attached hydrogens (tertiary/aromatic N) is 6. The highest BCUT2D eigenvalue weighted by molar-refractivity contribution is 5.97. The van der Waals surface area contributed by atoms with Gasteiger partial charge in [-0.05, 0) is 60.1 Å². The first kappa shape index (κ1) is 42.5. The summed E-state index contributed by atoms with van der Waals surface area (Å²) in [5, 5.41) is 33.7. The SMILES string of the molecule is CCCc1nc(C(F)(F)C(F)(F)F)c(C(=O)NC(Cc2ccccc2)C(=O)OCCCCC(C)ON(O)O)n1Cc1ccc(-c2ccccc2-c2nn[nH]n2)cc1. The molecule has 0 saturated carbocycles. The Bertz CT molecular complexity index is 2060. The number of hydrogen-bond acceptors (Lipinski definition) is 11. The van der Waals surface area contributed by atoms with E-state index in [0.29, 0.717) is 53.8 Å². The third-order valence-corrected chi connectivity index (χ3v) is 8.90. The van der Waals surface area contributed by atoms with Gasteiger partial charge in [0.25, 0.3) is 5.91 Å². The number of amides is 1. The fourth-order valence-electron chi connectivity index (χ4n) is 6.14. The standard InChI is InChI=1S/C38H41F5N8O6/c1-3-11-31-45-33(37(39,40)38(41,42)43)32(50(31)23-26-17-19-27(20-18-26)28-15-7-8-16-29(28)34-46-48-49-47-34)35(52)44-30(22-25-13-5-4-6-14-25)36(53)56-21-10-9-12-24(2)57-51(54)55/h4-8,13-20,24,30,54-55H,3,9-12,21-23H2,1-2H3,(H,44,52)(H,46,47,48,49). The van der Waals surface area contributed by atoms with E-state index in [1.807, 2.05) is 12.1 Å². The normalized spacial score (nSPS) is 13.1. The Balaban J connectivity index is 1.46. The molecule has 0 radical (unpaired) electrons. The molecular formula is C38H41F5N8O6. The van der Waals surface area contributed by atoms with Crippen LogP contribution in [0.15, 0.2) is 78.9 Å². The molecule has 5 rings (SSSR count). The number of halogens is 5. The van der Waals surface area contributed by atoms with Crippen LogP contribution in [0.3, 0.4) is 0 Å². The zero-order valence-electron chi connectivity index (χ0n) is 30.9. The number of aromatic amines is 1. The molecule has 1 amide bonds. The minimum Gasteiger partial charge on any atom is -0.464 e. The van der Waals surface area contributed by atoms with Gasteiger partial charge in [0.1, 0.15) is 17.6 Å². The third-order valence-electron chi connectivity index (χ3n) is 8.90. The lowest BCUT2D eigenvalue weighted by atomic mass is 9.98. The number of ether oxygens (including phenoxy) is 1. The number of alkyl halides is 5. The first-order valence-corrected chi connectivity index (χ1v) is 18.0. The van der Waals surface area contributed by atoms with E-state index < -0.39 is 52.9 Å². The topological polar surface area (TPSA) is 181 Å². The third kappa shape index (κ3) is 10.8. The largest absolute Gasteiger partial charge is 0.464 e. The molecular weight excluding hydrogens is 759 g/mol. The summed E-state index contributed by atoms with van der Waals surface area (Å²) in [7, 11) is 0. The number of unbranched alkanes of at least 4 members (excludes halogenated alkanes) is 1. The number of nitrogens with one attached hydrogen (secondary N) is 2. The quantitative estimate of drug-likeness (QED) is 0.0297.